The number of rotatable bonds is 9. The summed E-state index contributed by atoms with van der Waals surface area (Å²) in [7, 11) is 0. The number of hydrogen-bond acceptors (Lipinski definition) is 7. The number of aromatic nitrogens is 3. The van der Waals surface area contributed by atoms with Crippen molar-refractivity contribution in [1.29, 1.82) is 0 Å². The fourth-order valence-electron chi connectivity index (χ4n) is 4.51. The standard InChI is InChI=1S/C25H31N7O2S/c1-2-14-31-15-4-3-8-20(31)23-29-19(21(22(26)33)32(23)27)7-5-6-17-9-11-18(12-10-17)24(34)30-25-28-13-16-35-25/h2,9-14,16,20H,3-8,15,27H2,1H3,(H2,26,33)(H,28,30,34)/t20-/m0/s1. The van der Waals surface area contributed by atoms with E-state index in [9.17, 15) is 9.59 Å². The molecular formula is C25H31N7O2S. The topological polar surface area (TPSA) is 132 Å². The van der Waals surface area contributed by atoms with E-state index in [2.05, 4.69) is 21.4 Å². The summed E-state index contributed by atoms with van der Waals surface area (Å²) >= 11 is 1.38. The minimum atomic E-state index is -0.565. The Morgan fingerprint density at radius 2 is 2.03 bits per heavy atom. The first-order valence-corrected chi connectivity index (χ1v) is 12.7. The van der Waals surface area contributed by atoms with Crippen LogP contribution in [0.25, 0.3) is 0 Å². The first kappa shape index (κ1) is 24.5. The van der Waals surface area contributed by atoms with E-state index in [1.54, 1.807) is 18.3 Å². The van der Waals surface area contributed by atoms with E-state index in [1.165, 1.54) is 16.0 Å². The molecule has 1 aliphatic rings. The molecule has 3 heterocycles. The smallest absolute Gasteiger partial charge is 0.269 e. The number of carbonyl (C=O) groups excluding carboxylic acids is 2. The zero-order chi connectivity index (χ0) is 24.8. The second-order valence-corrected chi connectivity index (χ2v) is 9.47. The van der Waals surface area contributed by atoms with E-state index in [0.717, 1.165) is 44.2 Å². The van der Waals surface area contributed by atoms with Crippen LogP contribution in [0.15, 0.2) is 48.1 Å². The van der Waals surface area contributed by atoms with Gasteiger partial charge in [-0.1, -0.05) is 18.2 Å². The molecule has 0 radical (unpaired) electrons. The molecule has 2 amide bonds. The number of anilines is 1. The number of piperidine rings is 1. The van der Waals surface area contributed by atoms with E-state index < -0.39 is 5.91 Å². The average molecular weight is 494 g/mol. The predicted molar refractivity (Wildman–Crippen MR) is 138 cm³/mol. The van der Waals surface area contributed by atoms with E-state index in [0.29, 0.717) is 28.6 Å². The first-order valence-electron chi connectivity index (χ1n) is 11.8. The number of aryl methyl sites for hydroxylation is 2. The molecule has 0 aliphatic carbocycles. The van der Waals surface area contributed by atoms with E-state index in [-0.39, 0.29) is 17.6 Å². The zero-order valence-corrected chi connectivity index (χ0v) is 20.6. The van der Waals surface area contributed by atoms with Gasteiger partial charge in [-0.2, -0.15) is 0 Å². The normalized spacial score (nSPS) is 16.0. The second-order valence-electron chi connectivity index (χ2n) is 8.57. The van der Waals surface area contributed by atoms with Crippen LogP contribution in [0, 0.1) is 0 Å². The van der Waals surface area contributed by atoms with Crippen LogP contribution in [0.5, 0.6) is 0 Å². The number of nitrogens with one attached hydrogen (secondary N) is 1. The van der Waals surface area contributed by atoms with E-state index in [1.807, 2.05) is 30.5 Å². The summed E-state index contributed by atoms with van der Waals surface area (Å²) in [5.41, 5.74) is 8.26. The SMILES string of the molecule is CC=CN1CCCC[C@H]1c1nc(CCCc2ccc(C(=O)Nc3nccs3)cc2)c(C(N)=O)n1N. The number of nitrogens with two attached hydrogens (primary N) is 2. The van der Waals surface area contributed by atoms with Crippen molar-refractivity contribution in [1.82, 2.24) is 19.5 Å². The number of likely N-dealkylation sites (tertiary alicyclic amines) is 1. The molecule has 1 aliphatic heterocycles. The minimum absolute atomic E-state index is 0.0277. The quantitative estimate of drug-likeness (QED) is 0.390. The molecule has 0 bridgehead atoms. The molecule has 0 saturated carbocycles. The lowest BCUT2D eigenvalue weighted by atomic mass is 10.0. The first-order chi connectivity index (χ1) is 17.0. The Morgan fingerprint density at radius 3 is 2.71 bits per heavy atom. The number of nitrogen functional groups attached to an aromatic ring is 1. The van der Waals surface area contributed by atoms with Crippen molar-refractivity contribution in [3.8, 4) is 0 Å². The van der Waals surface area contributed by atoms with Gasteiger partial charge in [0.25, 0.3) is 11.8 Å². The fraction of sp³-hybridized carbons (Fsp3) is 0.360. The molecule has 1 saturated heterocycles. The van der Waals surface area contributed by atoms with Gasteiger partial charge in [-0.15, -0.1) is 11.3 Å². The van der Waals surface area contributed by atoms with Crippen LogP contribution in [0.1, 0.15) is 76.6 Å². The Balaban J connectivity index is 1.41. The van der Waals surface area contributed by atoms with Crippen LogP contribution >= 0.6 is 11.3 Å². The molecule has 184 valence electrons. The molecule has 35 heavy (non-hydrogen) atoms. The Bertz CT molecular complexity index is 1190. The molecule has 3 aromatic rings. The maximum Gasteiger partial charge on any atom is 0.269 e. The van der Waals surface area contributed by atoms with Crippen molar-refractivity contribution in [3.63, 3.8) is 0 Å². The fourth-order valence-corrected chi connectivity index (χ4v) is 5.03. The third-order valence-corrected chi connectivity index (χ3v) is 6.86. The largest absolute Gasteiger partial charge is 0.368 e. The molecule has 1 fully saturated rings. The van der Waals surface area contributed by atoms with E-state index >= 15 is 0 Å². The van der Waals surface area contributed by atoms with Gasteiger partial charge in [0.1, 0.15) is 5.69 Å². The maximum atomic E-state index is 12.3. The molecule has 1 aromatic carbocycles. The maximum absolute atomic E-state index is 12.3. The van der Waals surface area contributed by atoms with Gasteiger partial charge >= 0.3 is 0 Å². The molecule has 9 nitrogen and oxygen atoms in total. The lowest BCUT2D eigenvalue weighted by molar-refractivity contribution is 0.0989. The van der Waals surface area contributed by atoms with Gasteiger partial charge in [0.2, 0.25) is 0 Å². The van der Waals surface area contributed by atoms with Gasteiger partial charge < -0.3 is 16.5 Å². The summed E-state index contributed by atoms with van der Waals surface area (Å²) in [5.74, 6) is 6.26. The minimum Gasteiger partial charge on any atom is -0.368 e. The highest BCUT2D eigenvalue weighted by Crippen LogP contribution is 2.31. The van der Waals surface area contributed by atoms with Crippen molar-refractivity contribution in [2.45, 2.75) is 51.5 Å². The molecule has 5 N–H and O–H groups in total. The summed E-state index contributed by atoms with van der Waals surface area (Å²) < 4.78 is 1.39. The third kappa shape index (κ3) is 5.71. The molecule has 0 spiro atoms. The lowest BCUT2D eigenvalue weighted by Gasteiger charge is -2.34. The number of thiazole rings is 1. The molecule has 2 aromatic heterocycles. The second kappa shape index (κ2) is 11.2. The van der Waals surface area contributed by atoms with Gasteiger partial charge in [-0.25, -0.2) is 14.6 Å². The van der Waals surface area contributed by atoms with Gasteiger partial charge in [-0.3, -0.25) is 14.9 Å². The summed E-state index contributed by atoms with van der Waals surface area (Å²) in [5, 5.41) is 5.17. The van der Waals surface area contributed by atoms with Crippen LogP contribution in [-0.4, -0.2) is 37.9 Å². The van der Waals surface area contributed by atoms with Crippen molar-refractivity contribution >= 4 is 28.3 Å². The van der Waals surface area contributed by atoms with Crippen molar-refractivity contribution in [2.24, 2.45) is 5.73 Å². The van der Waals surface area contributed by atoms with E-state index in [4.69, 9.17) is 16.6 Å². The highest BCUT2D eigenvalue weighted by Gasteiger charge is 2.29. The third-order valence-electron chi connectivity index (χ3n) is 6.17. The monoisotopic (exact) mass is 493 g/mol. The van der Waals surface area contributed by atoms with Crippen LogP contribution in [0.4, 0.5) is 5.13 Å². The van der Waals surface area contributed by atoms with Crippen LogP contribution in [-0.2, 0) is 12.8 Å². The van der Waals surface area contributed by atoms with Gasteiger partial charge in [0.15, 0.2) is 11.0 Å². The van der Waals surface area contributed by atoms with Crippen molar-refractivity contribution in [3.05, 3.63) is 76.5 Å². The summed E-state index contributed by atoms with van der Waals surface area (Å²) in [6, 6.07) is 7.52. The Morgan fingerprint density at radius 1 is 1.23 bits per heavy atom. The Kier molecular flexibility index (Phi) is 7.81. The number of carbonyl (C=O) groups is 2. The number of nitrogens with zero attached hydrogens (tertiary/aromatic N) is 4. The number of benzene rings is 1. The Labute approximate surface area is 208 Å². The average Bonchev–Trinajstić information content (AvgIpc) is 3.47. The van der Waals surface area contributed by atoms with Crippen molar-refractivity contribution in [2.75, 3.05) is 17.7 Å². The summed E-state index contributed by atoms with van der Waals surface area (Å²) in [6.07, 6.45) is 11.0. The number of amides is 2. The summed E-state index contributed by atoms with van der Waals surface area (Å²) in [4.78, 5) is 35.6. The molecule has 4 rings (SSSR count). The summed E-state index contributed by atoms with van der Waals surface area (Å²) in [6.45, 7) is 2.92. The molecule has 10 heteroatoms. The Hall–Kier alpha value is -3.66. The molecule has 0 unspecified atom stereocenters. The number of hydrogen-bond donors (Lipinski definition) is 3. The van der Waals surface area contributed by atoms with Crippen LogP contribution < -0.4 is 16.9 Å². The van der Waals surface area contributed by atoms with Gasteiger partial charge in [-0.05, 0) is 69.3 Å². The zero-order valence-electron chi connectivity index (χ0n) is 19.8. The van der Waals surface area contributed by atoms with Crippen LogP contribution in [0.2, 0.25) is 0 Å². The number of allylic oxidation sites excluding steroid dienone is 1. The predicted octanol–water partition coefficient (Wildman–Crippen LogP) is 3.64. The van der Waals surface area contributed by atoms with Gasteiger partial charge in [0, 0.05) is 23.7 Å². The highest BCUT2D eigenvalue weighted by atomic mass is 32.1. The van der Waals surface area contributed by atoms with Crippen molar-refractivity contribution < 1.29 is 9.59 Å². The van der Waals surface area contributed by atoms with Gasteiger partial charge in [0.05, 0.1) is 11.7 Å². The molecular weight excluding hydrogens is 462 g/mol. The lowest BCUT2D eigenvalue weighted by Crippen LogP contribution is -2.33. The highest BCUT2D eigenvalue weighted by molar-refractivity contribution is 7.13. The molecule has 1 atom stereocenters. The number of imidazole rings is 1. The number of primary amides is 1. The van der Waals surface area contributed by atoms with Crippen LogP contribution in [0.3, 0.4) is 0 Å².